The van der Waals surface area contributed by atoms with Crippen molar-refractivity contribution in [3.63, 3.8) is 0 Å². The molecule has 0 radical (unpaired) electrons. The lowest BCUT2D eigenvalue weighted by Gasteiger charge is -2.04. The Morgan fingerprint density at radius 1 is 1.71 bits per heavy atom. The van der Waals surface area contributed by atoms with Gasteiger partial charge in [0.1, 0.15) is 17.5 Å². The Kier molecular flexibility index (Phi) is 3.67. The average Bonchev–Trinajstić information content (AvgIpc) is 2.19. The zero-order chi connectivity index (χ0) is 10.6. The summed E-state index contributed by atoms with van der Waals surface area (Å²) in [5.41, 5.74) is 5.15. The highest BCUT2D eigenvalue weighted by Crippen LogP contribution is 2.23. The van der Waals surface area contributed by atoms with E-state index in [4.69, 9.17) is 22.1 Å². The fourth-order valence-corrected chi connectivity index (χ4v) is 1.02. The maximum Gasteiger partial charge on any atom is 0.358 e. The summed E-state index contributed by atoms with van der Waals surface area (Å²) in [5, 5.41) is 0.330. The first-order valence-corrected chi connectivity index (χ1v) is 4.13. The van der Waals surface area contributed by atoms with Gasteiger partial charge in [0, 0.05) is 6.07 Å². The monoisotopic (exact) mass is 216 g/mol. The minimum absolute atomic E-state index is 0.108. The second-order valence-electron chi connectivity index (χ2n) is 2.30. The number of halogens is 1. The molecule has 0 bridgehead atoms. The smallest absolute Gasteiger partial charge is 0.358 e. The van der Waals surface area contributed by atoms with Gasteiger partial charge in [-0.2, -0.15) is 0 Å². The van der Waals surface area contributed by atoms with Gasteiger partial charge in [-0.25, -0.2) is 9.78 Å². The molecule has 1 aromatic heterocycles. The molecule has 0 spiro atoms. The molecule has 0 aliphatic carbocycles. The molecule has 0 atom stereocenters. The zero-order valence-corrected chi connectivity index (χ0v) is 8.25. The van der Waals surface area contributed by atoms with Crippen LogP contribution in [0.25, 0.3) is 0 Å². The summed E-state index contributed by atoms with van der Waals surface area (Å²) in [4.78, 5) is 14.9. The summed E-state index contributed by atoms with van der Waals surface area (Å²) in [5.74, 6) is -0.242. The predicted molar refractivity (Wildman–Crippen MR) is 50.3 cm³/mol. The number of aromatic nitrogens is 1. The van der Waals surface area contributed by atoms with E-state index in [0.29, 0.717) is 10.8 Å². The molecule has 0 aliphatic rings. The van der Waals surface area contributed by atoms with Crippen LogP contribution in [0.5, 0.6) is 5.75 Å². The number of hydrogen-bond donors (Lipinski definition) is 1. The highest BCUT2D eigenvalue weighted by Gasteiger charge is 2.11. The molecule has 1 heterocycles. The lowest BCUT2D eigenvalue weighted by Crippen LogP contribution is -2.13. The van der Waals surface area contributed by atoms with Gasteiger partial charge in [-0.1, -0.05) is 11.6 Å². The van der Waals surface area contributed by atoms with Crippen LogP contribution in [0.15, 0.2) is 12.3 Å². The SMILES string of the molecule is COc1cc(C(=O)OCN)ncc1Cl. The van der Waals surface area contributed by atoms with Crippen LogP contribution in [0.1, 0.15) is 10.5 Å². The molecule has 5 nitrogen and oxygen atoms in total. The van der Waals surface area contributed by atoms with E-state index in [-0.39, 0.29) is 12.4 Å². The van der Waals surface area contributed by atoms with Crippen LogP contribution in [0.2, 0.25) is 5.02 Å². The van der Waals surface area contributed by atoms with Crippen molar-refractivity contribution in [2.75, 3.05) is 13.8 Å². The predicted octanol–water partition coefficient (Wildman–Crippen LogP) is 0.817. The van der Waals surface area contributed by atoms with Gasteiger partial charge in [0.25, 0.3) is 0 Å². The fraction of sp³-hybridized carbons (Fsp3) is 0.250. The molecule has 0 amide bonds. The summed E-state index contributed by atoms with van der Waals surface area (Å²) >= 11 is 5.71. The topological polar surface area (TPSA) is 74.4 Å². The molecule has 1 aromatic rings. The number of methoxy groups -OCH3 is 1. The molecule has 0 unspecified atom stereocenters. The molecule has 0 saturated heterocycles. The number of hydrogen-bond acceptors (Lipinski definition) is 5. The third-order valence-corrected chi connectivity index (χ3v) is 1.75. The summed E-state index contributed by atoms with van der Waals surface area (Å²) in [7, 11) is 1.44. The van der Waals surface area contributed by atoms with Crippen molar-refractivity contribution >= 4 is 17.6 Å². The fourth-order valence-electron chi connectivity index (χ4n) is 0.838. The maximum absolute atomic E-state index is 11.2. The number of esters is 1. The highest BCUT2D eigenvalue weighted by molar-refractivity contribution is 6.32. The van der Waals surface area contributed by atoms with E-state index in [1.165, 1.54) is 19.4 Å². The minimum Gasteiger partial charge on any atom is -0.495 e. The summed E-state index contributed by atoms with van der Waals surface area (Å²) in [6.45, 7) is -0.189. The Morgan fingerprint density at radius 3 is 3.00 bits per heavy atom. The number of carbonyl (C=O) groups excluding carboxylic acids is 1. The van der Waals surface area contributed by atoms with Crippen LogP contribution >= 0.6 is 11.6 Å². The molecular formula is C8H9ClN2O3. The van der Waals surface area contributed by atoms with Crippen molar-refractivity contribution in [1.82, 2.24) is 4.98 Å². The highest BCUT2D eigenvalue weighted by atomic mass is 35.5. The third-order valence-electron chi connectivity index (χ3n) is 1.46. The Hall–Kier alpha value is -1.33. The first-order valence-electron chi connectivity index (χ1n) is 3.75. The van der Waals surface area contributed by atoms with Crippen LogP contribution in [-0.2, 0) is 4.74 Å². The van der Waals surface area contributed by atoms with E-state index in [0.717, 1.165) is 0 Å². The molecule has 0 aromatic carbocycles. The largest absolute Gasteiger partial charge is 0.495 e. The van der Waals surface area contributed by atoms with Gasteiger partial charge >= 0.3 is 5.97 Å². The van der Waals surface area contributed by atoms with E-state index in [2.05, 4.69) is 9.72 Å². The zero-order valence-electron chi connectivity index (χ0n) is 7.49. The van der Waals surface area contributed by atoms with Gasteiger partial charge in [-0.15, -0.1) is 0 Å². The molecule has 0 fully saturated rings. The first kappa shape index (κ1) is 10.7. The van der Waals surface area contributed by atoms with Crippen molar-refractivity contribution in [2.45, 2.75) is 0 Å². The lowest BCUT2D eigenvalue weighted by atomic mass is 10.3. The van der Waals surface area contributed by atoms with Gasteiger partial charge in [0.15, 0.2) is 5.69 Å². The number of ether oxygens (including phenoxy) is 2. The van der Waals surface area contributed by atoms with Gasteiger partial charge in [-0.05, 0) is 0 Å². The lowest BCUT2D eigenvalue weighted by molar-refractivity contribution is 0.0508. The van der Waals surface area contributed by atoms with E-state index in [1.54, 1.807) is 0 Å². The van der Waals surface area contributed by atoms with E-state index in [1.807, 2.05) is 0 Å². The van der Waals surface area contributed by atoms with Crippen molar-refractivity contribution in [3.05, 3.63) is 23.0 Å². The van der Waals surface area contributed by atoms with Crippen molar-refractivity contribution in [2.24, 2.45) is 5.73 Å². The standard InChI is InChI=1S/C8H9ClN2O3/c1-13-7-2-6(8(12)14-4-10)11-3-5(7)9/h2-3H,4,10H2,1H3. The van der Waals surface area contributed by atoms with Crippen molar-refractivity contribution in [1.29, 1.82) is 0 Å². The van der Waals surface area contributed by atoms with Crippen LogP contribution in [0, 0.1) is 0 Å². The minimum atomic E-state index is -0.609. The van der Waals surface area contributed by atoms with Crippen LogP contribution in [-0.4, -0.2) is 24.8 Å². The van der Waals surface area contributed by atoms with Gasteiger partial charge < -0.3 is 9.47 Å². The van der Waals surface area contributed by atoms with E-state index >= 15 is 0 Å². The number of rotatable bonds is 3. The number of nitrogens with two attached hydrogens (primary N) is 1. The third kappa shape index (κ3) is 2.34. The van der Waals surface area contributed by atoms with Crippen molar-refractivity contribution < 1.29 is 14.3 Å². The molecule has 1 rings (SSSR count). The Balaban J connectivity index is 2.94. The summed E-state index contributed by atoms with van der Waals surface area (Å²) < 4.78 is 9.45. The number of carbonyl (C=O) groups is 1. The second kappa shape index (κ2) is 4.78. The first-order chi connectivity index (χ1) is 6.69. The van der Waals surface area contributed by atoms with E-state index in [9.17, 15) is 4.79 Å². The number of pyridine rings is 1. The Morgan fingerprint density at radius 2 is 2.43 bits per heavy atom. The van der Waals surface area contributed by atoms with Gasteiger partial charge in [-0.3, -0.25) is 5.73 Å². The molecule has 2 N–H and O–H groups in total. The Bertz CT molecular complexity index is 343. The second-order valence-corrected chi connectivity index (χ2v) is 2.71. The summed E-state index contributed by atoms with van der Waals surface area (Å²) in [6, 6.07) is 1.39. The van der Waals surface area contributed by atoms with Gasteiger partial charge in [0.2, 0.25) is 0 Å². The molecule has 76 valence electrons. The average molecular weight is 217 g/mol. The van der Waals surface area contributed by atoms with Gasteiger partial charge in [0.05, 0.1) is 13.3 Å². The number of nitrogens with zero attached hydrogens (tertiary/aromatic N) is 1. The van der Waals surface area contributed by atoms with E-state index < -0.39 is 5.97 Å². The van der Waals surface area contributed by atoms with Crippen LogP contribution in [0.4, 0.5) is 0 Å². The Labute approximate surface area is 85.8 Å². The molecule has 6 heteroatoms. The molecule has 0 aliphatic heterocycles. The van der Waals surface area contributed by atoms with Crippen LogP contribution < -0.4 is 10.5 Å². The maximum atomic E-state index is 11.2. The van der Waals surface area contributed by atoms with Crippen molar-refractivity contribution in [3.8, 4) is 5.75 Å². The summed E-state index contributed by atoms with van der Waals surface area (Å²) in [6.07, 6.45) is 1.31. The van der Waals surface area contributed by atoms with Crippen LogP contribution in [0.3, 0.4) is 0 Å². The molecular weight excluding hydrogens is 208 g/mol. The molecule has 14 heavy (non-hydrogen) atoms. The quantitative estimate of drug-likeness (QED) is 0.598. The normalized spacial score (nSPS) is 9.64. The molecule has 0 saturated carbocycles.